The predicted molar refractivity (Wildman–Crippen MR) is 95.3 cm³/mol. The van der Waals surface area contributed by atoms with Crippen molar-refractivity contribution in [2.24, 2.45) is 0 Å². The van der Waals surface area contributed by atoms with Crippen molar-refractivity contribution in [3.05, 3.63) is 47.4 Å². The Morgan fingerprint density at radius 1 is 1.35 bits per heavy atom. The number of hydrogen-bond donors (Lipinski definition) is 1. The molecule has 3 heterocycles. The fourth-order valence-electron chi connectivity index (χ4n) is 3.40. The number of hydrogen-bond acceptors (Lipinski definition) is 6. The van der Waals surface area contributed by atoms with Crippen molar-refractivity contribution in [3.63, 3.8) is 0 Å². The zero-order valence-electron chi connectivity index (χ0n) is 14.4. The van der Waals surface area contributed by atoms with Gasteiger partial charge in [0.2, 0.25) is 5.91 Å². The molecule has 1 saturated heterocycles. The first-order chi connectivity index (χ1) is 12.7. The Kier molecular flexibility index (Phi) is 4.28. The third-order valence-corrected chi connectivity index (χ3v) is 5.92. The first-order valence-corrected chi connectivity index (χ1v) is 9.19. The van der Waals surface area contributed by atoms with Gasteiger partial charge in [-0.2, -0.15) is 0 Å². The van der Waals surface area contributed by atoms with E-state index in [1.807, 2.05) is 6.07 Å². The summed E-state index contributed by atoms with van der Waals surface area (Å²) in [4.78, 5) is 27.3. The average Bonchev–Trinajstić information content (AvgIpc) is 3.37. The molecule has 0 saturated carbocycles. The highest BCUT2D eigenvalue weighted by atomic mass is 32.2. The van der Waals surface area contributed by atoms with Crippen molar-refractivity contribution in [2.75, 3.05) is 20.0 Å². The lowest BCUT2D eigenvalue weighted by molar-refractivity contribution is -0.125. The lowest BCUT2D eigenvalue weighted by atomic mass is 10.1. The molecule has 8 heteroatoms. The summed E-state index contributed by atoms with van der Waals surface area (Å²) in [6.07, 6.45) is 1.56. The number of furan rings is 1. The van der Waals surface area contributed by atoms with Gasteiger partial charge in [0.15, 0.2) is 11.5 Å². The zero-order valence-corrected chi connectivity index (χ0v) is 15.2. The number of nitrogens with one attached hydrogen (secondary N) is 1. The van der Waals surface area contributed by atoms with Crippen LogP contribution in [0.3, 0.4) is 0 Å². The van der Waals surface area contributed by atoms with E-state index >= 15 is 0 Å². The molecule has 1 fully saturated rings. The first kappa shape index (κ1) is 16.8. The van der Waals surface area contributed by atoms with Gasteiger partial charge < -0.3 is 24.1 Å². The molecule has 26 heavy (non-hydrogen) atoms. The van der Waals surface area contributed by atoms with Crippen LogP contribution in [0.15, 0.2) is 34.9 Å². The Morgan fingerprint density at radius 2 is 2.19 bits per heavy atom. The normalized spacial score (nSPS) is 20.7. The molecular formula is C18H18N2O5S. The Labute approximate surface area is 154 Å². The van der Waals surface area contributed by atoms with Crippen molar-refractivity contribution < 1.29 is 23.5 Å². The van der Waals surface area contributed by atoms with Gasteiger partial charge >= 0.3 is 0 Å². The van der Waals surface area contributed by atoms with Crippen molar-refractivity contribution in [1.29, 1.82) is 0 Å². The molecule has 136 valence electrons. The number of carbonyl (C=O) groups excluding carboxylic acids is 2. The van der Waals surface area contributed by atoms with E-state index in [4.69, 9.17) is 13.9 Å². The summed E-state index contributed by atoms with van der Waals surface area (Å²) in [5.41, 5.74) is 1.34. The van der Waals surface area contributed by atoms with Crippen LogP contribution in [0.25, 0.3) is 0 Å². The number of benzene rings is 1. The number of carbonyl (C=O) groups is 2. The van der Waals surface area contributed by atoms with E-state index in [2.05, 4.69) is 5.32 Å². The third-order valence-electron chi connectivity index (χ3n) is 4.61. The number of thioether (sulfide) groups is 1. The second-order valence-electron chi connectivity index (χ2n) is 5.98. The molecule has 7 nitrogen and oxygen atoms in total. The Balaban J connectivity index is 1.58. The lowest BCUT2D eigenvalue weighted by Gasteiger charge is -2.22. The highest BCUT2D eigenvalue weighted by molar-refractivity contribution is 7.99. The summed E-state index contributed by atoms with van der Waals surface area (Å²) in [5.74, 6) is 1.74. The number of fused-ring (bicyclic) bond motifs is 3. The smallest absolute Gasteiger partial charge is 0.260 e. The molecular weight excluding hydrogens is 356 g/mol. The minimum atomic E-state index is -0.532. The van der Waals surface area contributed by atoms with Crippen molar-refractivity contribution in [3.8, 4) is 11.5 Å². The molecule has 1 N–H and O–H groups in total. The highest BCUT2D eigenvalue weighted by Gasteiger charge is 2.50. The van der Waals surface area contributed by atoms with Crippen LogP contribution in [0.2, 0.25) is 0 Å². The van der Waals surface area contributed by atoms with Crippen LogP contribution < -0.4 is 14.8 Å². The van der Waals surface area contributed by atoms with E-state index in [9.17, 15) is 9.59 Å². The topological polar surface area (TPSA) is 81.0 Å². The van der Waals surface area contributed by atoms with Crippen LogP contribution in [-0.2, 0) is 11.3 Å². The predicted octanol–water partition coefficient (Wildman–Crippen LogP) is 2.18. The largest absolute Gasteiger partial charge is 0.493 e. The van der Waals surface area contributed by atoms with Crippen LogP contribution in [0, 0.1) is 0 Å². The molecule has 2 unspecified atom stereocenters. The maximum atomic E-state index is 13.1. The molecule has 1 aromatic heterocycles. The maximum absolute atomic E-state index is 13.1. The molecule has 2 aliphatic heterocycles. The molecule has 1 aromatic carbocycles. The van der Waals surface area contributed by atoms with Gasteiger partial charge in [0.05, 0.1) is 32.6 Å². The standard InChI is InChI=1S/C18H18N2O5S/c1-23-13-6-5-11-14(15(13)24-2)17(22)20-12(9-26-18(11)20)16(21)19-8-10-4-3-7-25-10/h3-7,12,18H,8-9H2,1-2H3,(H,19,21). The lowest BCUT2D eigenvalue weighted by Crippen LogP contribution is -2.45. The number of methoxy groups -OCH3 is 2. The van der Waals surface area contributed by atoms with Crippen LogP contribution in [-0.4, -0.2) is 42.7 Å². The summed E-state index contributed by atoms with van der Waals surface area (Å²) in [6, 6.07) is 6.69. The monoisotopic (exact) mass is 374 g/mol. The van der Waals surface area contributed by atoms with Crippen LogP contribution in [0.5, 0.6) is 11.5 Å². The molecule has 4 rings (SSSR count). The van der Waals surface area contributed by atoms with E-state index in [0.29, 0.717) is 35.1 Å². The first-order valence-electron chi connectivity index (χ1n) is 8.15. The van der Waals surface area contributed by atoms with Crippen LogP contribution >= 0.6 is 11.8 Å². The second kappa shape index (κ2) is 6.60. The fraction of sp³-hybridized carbons (Fsp3) is 0.333. The van der Waals surface area contributed by atoms with Crippen molar-refractivity contribution in [1.82, 2.24) is 10.2 Å². The van der Waals surface area contributed by atoms with E-state index in [1.165, 1.54) is 14.2 Å². The summed E-state index contributed by atoms with van der Waals surface area (Å²) >= 11 is 1.58. The molecule has 0 aliphatic carbocycles. The van der Waals surface area contributed by atoms with Crippen molar-refractivity contribution in [2.45, 2.75) is 18.0 Å². The quantitative estimate of drug-likeness (QED) is 0.864. The molecule has 0 spiro atoms. The van der Waals surface area contributed by atoms with E-state index < -0.39 is 6.04 Å². The van der Waals surface area contributed by atoms with Gasteiger partial charge in [-0.25, -0.2) is 0 Å². The highest BCUT2D eigenvalue weighted by Crippen LogP contribution is 2.52. The molecule has 2 atom stereocenters. The molecule has 2 aromatic rings. The third kappa shape index (κ3) is 2.52. The van der Waals surface area contributed by atoms with Gasteiger partial charge in [0.25, 0.3) is 5.91 Å². The Morgan fingerprint density at radius 3 is 2.88 bits per heavy atom. The van der Waals surface area contributed by atoms with Gasteiger partial charge in [-0.15, -0.1) is 11.8 Å². The number of ether oxygens (including phenoxy) is 2. The van der Waals surface area contributed by atoms with E-state index in [1.54, 1.807) is 41.1 Å². The second-order valence-corrected chi connectivity index (χ2v) is 7.09. The maximum Gasteiger partial charge on any atom is 0.260 e. The Bertz CT molecular complexity index is 852. The van der Waals surface area contributed by atoms with Crippen LogP contribution in [0.4, 0.5) is 0 Å². The summed E-state index contributed by atoms with van der Waals surface area (Å²) < 4.78 is 15.9. The summed E-state index contributed by atoms with van der Waals surface area (Å²) in [6.45, 7) is 0.295. The number of nitrogens with zero attached hydrogens (tertiary/aromatic N) is 1. The number of rotatable bonds is 5. The number of amides is 2. The molecule has 0 bridgehead atoms. The SMILES string of the molecule is COc1ccc2c(c1OC)C(=O)N1C(C(=O)NCc3ccco3)CSC21. The van der Waals surface area contributed by atoms with Gasteiger partial charge in [-0.3, -0.25) is 9.59 Å². The van der Waals surface area contributed by atoms with Gasteiger partial charge in [-0.1, -0.05) is 6.07 Å². The molecule has 2 aliphatic rings. The molecule has 0 radical (unpaired) electrons. The van der Waals surface area contributed by atoms with Gasteiger partial charge in [0, 0.05) is 11.3 Å². The van der Waals surface area contributed by atoms with Gasteiger partial charge in [0.1, 0.15) is 17.2 Å². The summed E-state index contributed by atoms with van der Waals surface area (Å²) in [5, 5.41) is 2.66. The Hall–Kier alpha value is -2.61. The average molecular weight is 374 g/mol. The van der Waals surface area contributed by atoms with Crippen molar-refractivity contribution >= 4 is 23.6 Å². The summed E-state index contributed by atoms with van der Waals surface area (Å²) in [7, 11) is 3.04. The van der Waals surface area contributed by atoms with E-state index in [-0.39, 0.29) is 17.2 Å². The fourth-order valence-corrected chi connectivity index (χ4v) is 4.85. The van der Waals surface area contributed by atoms with Crippen LogP contribution in [0.1, 0.15) is 27.1 Å². The minimum Gasteiger partial charge on any atom is -0.493 e. The van der Waals surface area contributed by atoms with Gasteiger partial charge in [-0.05, 0) is 18.2 Å². The zero-order chi connectivity index (χ0) is 18.3. The minimum absolute atomic E-state index is 0.184. The molecule has 2 amide bonds. The van der Waals surface area contributed by atoms with E-state index in [0.717, 1.165) is 5.56 Å².